The van der Waals surface area contributed by atoms with Crippen molar-refractivity contribution in [1.29, 1.82) is 0 Å². The molecular weight excluding hydrogens is 275 g/mol. The summed E-state index contributed by atoms with van der Waals surface area (Å²) in [5.41, 5.74) is 0. The molecule has 0 N–H and O–H groups in total. The molecule has 0 spiro atoms. The van der Waals surface area contributed by atoms with Gasteiger partial charge in [-0.25, -0.2) is 0 Å². The Morgan fingerprint density at radius 3 is 1.22 bits per heavy atom. The van der Waals surface area contributed by atoms with Crippen LogP contribution in [-0.2, 0) is 15.4 Å². The van der Waals surface area contributed by atoms with Crippen LogP contribution in [0.2, 0.25) is 5.32 Å². The van der Waals surface area contributed by atoms with Crippen LogP contribution in [0.5, 0.6) is 0 Å². The molecule has 18 heavy (non-hydrogen) atoms. The molecule has 0 saturated heterocycles. The van der Waals surface area contributed by atoms with Crippen LogP contribution >= 0.6 is 0 Å². The molecule has 0 saturated carbocycles. The average Bonchev–Trinajstić information content (AvgIpc) is 2.39. The van der Waals surface area contributed by atoms with Crippen molar-refractivity contribution in [2.24, 2.45) is 0 Å². The standard InChI is InChI=1S/C16H33.Cu.FH/c1-3-5-7-9-11-13-15-16-14-12-10-8-6-4-2;;/h1,3-16H2,2H3;;1H/q;+1;/p-1. The van der Waals surface area contributed by atoms with E-state index < -0.39 is 0 Å². The summed E-state index contributed by atoms with van der Waals surface area (Å²) in [6, 6.07) is 0. The maximum absolute atomic E-state index is 11.7. The Bertz CT molecular complexity index is 123. The van der Waals surface area contributed by atoms with Crippen LogP contribution in [0, 0.1) is 0 Å². The maximum atomic E-state index is 11.7. The second kappa shape index (κ2) is 17.4. The van der Waals surface area contributed by atoms with E-state index in [1.165, 1.54) is 83.5 Å². The fourth-order valence-corrected chi connectivity index (χ4v) is 2.67. The second-order valence-electron chi connectivity index (χ2n) is 5.33. The third-order valence-corrected chi connectivity index (χ3v) is 4.03. The zero-order valence-corrected chi connectivity index (χ0v) is 13.2. The normalized spacial score (nSPS) is 11.2. The van der Waals surface area contributed by atoms with Crippen LogP contribution in [0.25, 0.3) is 0 Å². The van der Waals surface area contributed by atoms with E-state index >= 15 is 0 Å². The Morgan fingerprint density at radius 2 is 0.889 bits per heavy atom. The Morgan fingerprint density at radius 1 is 0.556 bits per heavy atom. The van der Waals surface area contributed by atoms with E-state index in [1.807, 2.05) is 0 Å². The van der Waals surface area contributed by atoms with Gasteiger partial charge >= 0.3 is 94.9 Å². The number of hydrogen-bond donors (Lipinski definition) is 0. The van der Waals surface area contributed by atoms with Gasteiger partial charge in [-0.05, 0) is 0 Å². The summed E-state index contributed by atoms with van der Waals surface area (Å²) in [6.45, 7) is 2.27. The van der Waals surface area contributed by atoms with Crippen molar-refractivity contribution >= 4 is 0 Å². The quantitative estimate of drug-likeness (QED) is 0.229. The van der Waals surface area contributed by atoms with Crippen LogP contribution in [0.3, 0.4) is 0 Å². The van der Waals surface area contributed by atoms with E-state index in [0.717, 1.165) is 6.42 Å². The van der Waals surface area contributed by atoms with Gasteiger partial charge in [0.05, 0.1) is 0 Å². The average molecular weight is 308 g/mol. The second-order valence-corrected chi connectivity index (χ2v) is 6.05. The third kappa shape index (κ3) is 16.4. The van der Waals surface area contributed by atoms with Crippen LogP contribution < -0.4 is 0 Å². The molecule has 0 aromatic carbocycles. The predicted molar refractivity (Wildman–Crippen MR) is 76.2 cm³/mol. The number of unbranched alkanes of at least 4 members (excludes halogenated alkanes) is 13. The van der Waals surface area contributed by atoms with Gasteiger partial charge in [0.25, 0.3) is 0 Å². The van der Waals surface area contributed by atoms with Crippen LogP contribution in [0.15, 0.2) is 0 Å². The molecule has 0 radical (unpaired) electrons. The van der Waals surface area contributed by atoms with Crippen molar-refractivity contribution in [2.75, 3.05) is 0 Å². The SMILES string of the molecule is CCCCCCCCCCCCCCC[CH2][Cu][F]. The molecular formula is C16H33CuF. The van der Waals surface area contributed by atoms with Gasteiger partial charge in [0.15, 0.2) is 0 Å². The third-order valence-electron chi connectivity index (χ3n) is 3.52. The van der Waals surface area contributed by atoms with Crippen LogP contribution in [-0.4, -0.2) is 0 Å². The fraction of sp³-hybridized carbons (Fsp3) is 1.00. The zero-order chi connectivity index (χ0) is 13.3. The first-order chi connectivity index (χ1) is 8.91. The van der Waals surface area contributed by atoms with Gasteiger partial charge < -0.3 is 0 Å². The number of halogens is 1. The van der Waals surface area contributed by atoms with Crippen molar-refractivity contribution in [2.45, 2.75) is 102 Å². The van der Waals surface area contributed by atoms with E-state index in [4.69, 9.17) is 0 Å². The Kier molecular flexibility index (Phi) is 17.9. The molecule has 0 heterocycles. The molecule has 0 amide bonds. The molecule has 0 aromatic heterocycles. The molecule has 0 bridgehead atoms. The van der Waals surface area contributed by atoms with E-state index in [2.05, 4.69) is 6.92 Å². The van der Waals surface area contributed by atoms with E-state index in [-0.39, 0.29) is 0 Å². The molecule has 0 aliphatic rings. The van der Waals surface area contributed by atoms with Crippen molar-refractivity contribution in [3.05, 3.63) is 0 Å². The zero-order valence-electron chi connectivity index (χ0n) is 12.3. The minimum atomic E-state index is 0.562. The molecule has 0 fully saturated rings. The molecule has 0 rings (SSSR count). The monoisotopic (exact) mass is 307 g/mol. The van der Waals surface area contributed by atoms with Gasteiger partial charge in [-0.3, -0.25) is 0 Å². The van der Waals surface area contributed by atoms with E-state index in [0.29, 0.717) is 20.7 Å². The summed E-state index contributed by atoms with van der Waals surface area (Å²) < 4.78 is 11.7. The number of rotatable bonds is 15. The van der Waals surface area contributed by atoms with Gasteiger partial charge in [0, 0.05) is 0 Å². The summed E-state index contributed by atoms with van der Waals surface area (Å²) >= 11 is 0.562. The van der Waals surface area contributed by atoms with Gasteiger partial charge in [0.2, 0.25) is 0 Å². The number of hydrogen-bond acceptors (Lipinski definition) is 0. The summed E-state index contributed by atoms with van der Waals surface area (Å²) in [7, 11) is 0. The van der Waals surface area contributed by atoms with Gasteiger partial charge in [-0.1, -0.05) is 26.2 Å². The Hall–Kier alpha value is 0.449. The molecule has 0 aliphatic carbocycles. The van der Waals surface area contributed by atoms with Gasteiger partial charge in [-0.15, -0.1) is 0 Å². The summed E-state index contributed by atoms with van der Waals surface area (Å²) in [6.07, 6.45) is 19.1. The molecule has 0 aliphatic heterocycles. The minimum absolute atomic E-state index is 0.562. The topological polar surface area (TPSA) is 0 Å². The predicted octanol–water partition coefficient (Wildman–Crippen LogP) is 6.85. The van der Waals surface area contributed by atoms with Crippen LogP contribution in [0.4, 0.5) is 3.55 Å². The Balaban J connectivity index is 2.86. The van der Waals surface area contributed by atoms with Crippen molar-refractivity contribution < 1.29 is 19.0 Å². The van der Waals surface area contributed by atoms with E-state index in [9.17, 15) is 3.55 Å². The van der Waals surface area contributed by atoms with E-state index in [1.54, 1.807) is 0 Å². The Labute approximate surface area is 121 Å². The summed E-state index contributed by atoms with van der Waals surface area (Å²) in [4.78, 5) is 0. The first kappa shape index (κ1) is 18.4. The fourth-order valence-electron chi connectivity index (χ4n) is 2.31. The first-order valence-corrected chi connectivity index (χ1v) is 9.06. The summed E-state index contributed by atoms with van der Waals surface area (Å²) in [5, 5.41) is 0.682. The van der Waals surface area contributed by atoms with Crippen molar-refractivity contribution in [3.63, 3.8) is 0 Å². The summed E-state index contributed by atoms with van der Waals surface area (Å²) in [5.74, 6) is 0. The molecule has 0 nitrogen and oxygen atoms in total. The molecule has 0 atom stereocenters. The molecule has 0 aromatic rings. The first-order valence-electron chi connectivity index (χ1n) is 8.03. The van der Waals surface area contributed by atoms with Gasteiger partial charge in [0.1, 0.15) is 0 Å². The molecule has 0 unspecified atom stereocenters. The molecule has 2 heteroatoms. The van der Waals surface area contributed by atoms with Crippen LogP contribution in [0.1, 0.15) is 96.8 Å². The molecule has 115 valence electrons. The van der Waals surface area contributed by atoms with Gasteiger partial charge in [-0.2, -0.15) is 0 Å². The van der Waals surface area contributed by atoms with Crippen molar-refractivity contribution in [1.82, 2.24) is 0 Å². The van der Waals surface area contributed by atoms with Crippen molar-refractivity contribution in [3.8, 4) is 0 Å².